The molecule has 1 amide bonds. The Labute approximate surface area is 208 Å². The number of sulfone groups is 1. The fourth-order valence-corrected chi connectivity index (χ4v) is 5.86. The number of fused-ring (bicyclic) bond motifs is 2. The van der Waals surface area contributed by atoms with Crippen molar-refractivity contribution in [2.75, 3.05) is 39.3 Å². The summed E-state index contributed by atoms with van der Waals surface area (Å²) in [6, 6.07) is 9.98. The van der Waals surface area contributed by atoms with Crippen LogP contribution < -0.4 is 14.4 Å². The van der Waals surface area contributed by atoms with Gasteiger partial charge in [0.05, 0.1) is 24.3 Å². The van der Waals surface area contributed by atoms with Gasteiger partial charge in [-0.2, -0.15) is 0 Å². The molecule has 36 heavy (non-hydrogen) atoms. The van der Waals surface area contributed by atoms with E-state index in [0.29, 0.717) is 34.9 Å². The van der Waals surface area contributed by atoms with Crippen LogP contribution >= 0.6 is 0 Å². The van der Waals surface area contributed by atoms with E-state index in [4.69, 9.17) is 14.5 Å². The molecule has 0 atom stereocenters. The lowest BCUT2D eigenvalue weighted by molar-refractivity contribution is -0.130. The minimum Gasteiger partial charge on any atom is -0.494 e. The number of nitrogens with zero attached hydrogens (tertiary/aromatic N) is 4. The molecule has 0 N–H and O–H groups in total. The molecule has 2 aromatic carbocycles. The molecule has 0 spiro atoms. The molecule has 0 unspecified atom stereocenters. The number of aromatic nitrogens is 2. The number of benzene rings is 2. The fourth-order valence-electron chi connectivity index (χ4n) is 4.36. The van der Waals surface area contributed by atoms with Crippen LogP contribution in [0.4, 0.5) is 15.9 Å². The van der Waals surface area contributed by atoms with E-state index in [1.807, 2.05) is 23.1 Å². The van der Waals surface area contributed by atoms with Gasteiger partial charge in [0.15, 0.2) is 33.8 Å². The molecule has 9 nitrogen and oxygen atoms in total. The normalized spacial score (nSPS) is 15.4. The first-order valence-corrected chi connectivity index (χ1v) is 13.1. The van der Waals surface area contributed by atoms with E-state index >= 15 is 0 Å². The molecule has 2 aliphatic rings. The van der Waals surface area contributed by atoms with Crippen LogP contribution in [0, 0.1) is 5.82 Å². The topological polar surface area (TPSA) is 102 Å². The average molecular weight is 513 g/mol. The van der Waals surface area contributed by atoms with Crippen molar-refractivity contribution >= 4 is 27.2 Å². The van der Waals surface area contributed by atoms with Crippen LogP contribution in [-0.4, -0.2) is 63.5 Å². The standard InChI is InChI=1S/C25H25FN4O5S/c1-29(2)23(31)12-35-17-6-4-15-8-9-30(21(15)11-17)25-18-13-36(32,33)14-20(18)27-24(28-25)16-5-7-22(34-3)19(26)10-16/h4-7,10-11H,8-9,12-14H2,1-3H3. The van der Waals surface area contributed by atoms with Crippen LogP contribution in [-0.2, 0) is 32.6 Å². The van der Waals surface area contributed by atoms with E-state index in [2.05, 4.69) is 4.98 Å². The Morgan fingerprint density at radius 3 is 2.67 bits per heavy atom. The lowest BCUT2D eigenvalue weighted by Crippen LogP contribution is -2.27. The summed E-state index contributed by atoms with van der Waals surface area (Å²) in [5.41, 5.74) is 3.26. The Kier molecular flexibility index (Phi) is 6.03. The Bertz CT molecular complexity index is 1480. The molecule has 5 rings (SSSR count). The lowest BCUT2D eigenvalue weighted by Gasteiger charge is -2.22. The van der Waals surface area contributed by atoms with Crippen molar-refractivity contribution in [2.24, 2.45) is 0 Å². The zero-order valence-corrected chi connectivity index (χ0v) is 20.9. The Morgan fingerprint density at radius 1 is 1.14 bits per heavy atom. The van der Waals surface area contributed by atoms with Gasteiger partial charge in [0.2, 0.25) is 0 Å². The van der Waals surface area contributed by atoms with Gasteiger partial charge in [0, 0.05) is 43.5 Å². The van der Waals surface area contributed by atoms with Gasteiger partial charge in [-0.15, -0.1) is 0 Å². The van der Waals surface area contributed by atoms with E-state index in [-0.39, 0.29) is 35.6 Å². The lowest BCUT2D eigenvalue weighted by atomic mass is 10.1. The number of rotatable bonds is 6. The highest BCUT2D eigenvalue weighted by Gasteiger charge is 2.34. The van der Waals surface area contributed by atoms with Crippen LogP contribution in [0.15, 0.2) is 36.4 Å². The molecule has 3 heterocycles. The fraction of sp³-hybridized carbons (Fsp3) is 0.320. The maximum Gasteiger partial charge on any atom is 0.259 e. The first-order valence-electron chi connectivity index (χ1n) is 11.3. The van der Waals surface area contributed by atoms with Gasteiger partial charge >= 0.3 is 0 Å². The van der Waals surface area contributed by atoms with Crippen molar-refractivity contribution < 1.29 is 27.1 Å². The maximum atomic E-state index is 14.4. The van der Waals surface area contributed by atoms with Gasteiger partial charge in [-0.1, -0.05) is 6.07 Å². The summed E-state index contributed by atoms with van der Waals surface area (Å²) in [4.78, 5) is 24.6. The summed E-state index contributed by atoms with van der Waals surface area (Å²) in [6.45, 7) is 0.482. The Morgan fingerprint density at radius 2 is 1.94 bits per heavy atom. The van der Waals surface area contributed by atoms with Gasteiger partial charge in [0.25, 0.3) is 5.91 Å². The molecule has 0 saturated heterocycles. The van der Waals surface area contributed by atoms with Gasteiger partial charge in [-0.25, -0.2) is 22.8 Å². The van der Waals surface area contributed by atoms with Gasteiger partial charge in [0.1, 0.15) is 11.6 Å². The highest BCUT2D eigenvalue weighted by atomic mass is 32.2. The molecule has 0 fully saturated rings. The van der Waals surface area contributed by atoms with E-state index in [1.54, 1.807) is 20.2 Å². The van der Waals surface area contributed by atoms with Gasteiger partial charge < -0.3 is 19.3 Å². The number of ether oxygens (including phenoxy) is 2. The summed E-state index contributed by atoms with van der Waals surface area (Å²) in [5, 5.41) is 0. The highest BCUT2D eigenvalue weighted by Crippen LogP contribution is 2.41. The monoisotopic (exact) mass is 512 g/mol. The van der Waals surface area contributed by atoms with Crippen molar-refractivity contribution in [3.63, 3.8) is 0 Å². The summed E-state index contributed by atoms with van der Waals surface area (Å²) in [5.74, 6) is 0.251. The number of amides is 1. The van der Waals surface area contributed by atoms with Crippen molar-refractivity contribution in [3.8, 4) is 22.9 Å². The Hall–Kier alpha value is -3.73. The second-order valence-electron chi connectivity index (χ2n) is 8.95. The minimum absolute atomic E-state index is 0.0939. The van der Waals surface area contributed by atoms with Gasteiger partial charge in [-0.3, -0.25) is 4.79 Å². The van der Waals surface area contributed by atoms with E-state index in [0.717, 1.165) is 17.7 Å². The predicted octanol–water partition coefficient (Wildman–Crippen LogP) is 2.88. The first-order chi connectivity index (χ1) is 17.1. The minimum atomic E-state index is -3.38. The average Bonchev–Trinajstić information content (AvgIpc) is 3.40. The third-order valence-corrected chi connectivity index (χ3v) is 7.71. The summed E-state index contributed by atoms with van der Waals surface area (Å²) in [6.07, 6.45) is 0.726. The predicted molar refractivity (Wildman–Crippen MR) is 132 cm³/mol. The second kappa shape index (κ2) is 9.05. The zero-order chi connectivity index (χ0) is 25.6. The summed E-state index contributed by atoms with van der Waals surface area (Å²) >= 11 is 0. The van der Waals surface area contributed by atoms with Crippen LogP contribution in [0.25, 0.3) is 11.4 Å². The molecule has 0 radical (unpaired) electrons. The molecule has 0 bridgehead atoms. The van der Waals surface area contributed by atoms with Crippen LogP contribution in [0.3, 0.4) is 0 Å². The van der Waals surface area contributed by atoms with Crippen molar-refractivity contribution in [1.82, 2.24) is 14.9 Å². The molecule has 0 saturated carbocycles. The first kappa shape index (κ1) is 24.0. The second-order valence-corrected chi connectivity index (χ2v) is 11.0. The number of methoxy groups -OCH3 is 1. The smallest absolute Gasteiger partial charge is 0.259 e. The van der Waals surface area contributed by atoms with E-state index in [1.165, 1.54) is 24.1 Å². The number of carbonyl (C=O) groups excluding carboxylic acids is 1. The molecule has 188 valence electrons. The third-order valence-electron chi connectivity index (χ3n) is 6.27. The van der Waals surface area contributed by atoms with E-state index in [9.17, 15) is 17.6 Å². The quantitative estimate of drug-likeness (QED) is 0.497. The molecular formula is C25H25FN4O5S. The summed E-state index contributed by atoms with van der Waals surface area (Å²) in [7, 11) is 1.32. The zero-order valence-electron chi connectivity index (χ0n) is 20.1. The van der Waals surface area contributed by atoms with Gasteiger partial charge in [-0.05, 0) is 36.2 Å². The van der Waals surface area contributed by atoms with Crippen molar-refractivity contribution in [3.05, 3.63) is 59.0 Å². The summed E-state index contributed by atoms with van der Waals surface area (Å²) < 4.78 is 50.2. The number of halogens is 1. The largest absolute Gasteiger partial charge is 0.494 e. The molecule has 0 aliphatic carbocycles. The van der Waals surface area contributed by atoms with Crippen molar-refractivity contribution in [2.45, 2.75) is 17.9 Å². The number of carbonyl (C=O) groups is 1. The maximum absolute atomic E-state index is 14.4. The SMILES string of the molecule is COc1ccc(-c2nc3c(c(N4CCc5ccc(OCC(=O)N(C)C)cc54)n2)CS(=O)(=O)C3)cc1F. The molecule has 3 aromatic rings. The molecule has 2 aliphatic heterocycles. The highest BCUT2D eigenvalue weighted by molar-refractivity contribution is 7.90. The molecular weight excluding hydrogens is 487 g/mol. The van der Waals surface area contributed by atoms with E-state index < -0.39 is 15.7 Å². The Balaban J connectivity index is 1.56. The van der Waals surface area contributed by atoms with Crippen LogP contribution in [0.5, 0.6) is 11.5 Å². The number of anilines is 2. The number of hydrogen-bond acceptors (Lipinski definition) is 8. The van der Waals surface area contributed by atoms with Crippen LogP contribution in [0.2, 0.25) is 0 Å². The third kappa shape index (κ3) is 4.46. The molecule has 11 heteroatoms. The van der Waals surface area contributed by atoms with Crippen LogP contribution in [0.1, 0.15) is 16.8 Å². The number of hydrogen-bond donors (Lipinski definition) is 0. The van der Waals surface area contributed by atoms with Crippen molar-refractivity contribution in [1.29, 1.82) is 0 Å². The molecule has 1 aromatic heterocycles. The number of likely N-dealkylation sites (N-methyl/N-ethyl adjacent to an activating group) is 1.